The number of hydrogen-bond acceptors (Lipinski definition) is 3. The average Bonchev–Trinajstić information content (AvgIpc) is 2.83. The number of imidazole rings is 1. The second-order valence-electron chi connectivity index (χ2n) is 5.12. The normalized spacial score (nSPS) is 16.8. The monoisotopic (exact) mass is 255 g/mol. The van der Waals surface area contributed by atoms with E-state index in [-0.39, 0.29) is 0 Å². The van der Waals surface area contributed by atoms with Crippen LogP contribution >= 0.6 is 0 Å². The molecule has 2 heterocycles. The summed E-state index contributed by atoms with van der Waals surface area (Å²) in [5.74, 6) is 1.77. The van der Waals surface area contributed by atoms with Crippen LogP contribution < -0.4 is 0 Å². The molecule has 1 fully saturated rings. The number of aromatic amines is 1. The van der Waals surface area contributed by atoms with Crippen LogP contribution in [-0.4, -0.2) is 20.7 Å². The molecule has 0 spiro atoms. The van der Waals surface area contributed by atoms with Gasteiger partial charge in [0.1, 0.15) is 17.3 Å². The minimum Gasteiger partial charge on any atom is -0.345 e. The number of carbonyl (C=O) groups is 1. The van der Waals surface area contributed by atoms with Crippen molar-refractivity contribution in [1.29, 1.82) is 0 Å². The fraction of sp³-hybridized carbons (Fsp3) is 0.400. The molecule has 4 nitrogen and oxygen atoms in total. The number of H-pyrrole nitrogens is 1. The van der Waals surface area contributed by atoms with E-state index in [0.717, 1.165) is 35.7 Å². The number of pyridine rings is 1. The van der Waals surface area contributed by atoms with Gasteiger partial charge in [-0.1, -0.05) is 6.07 Å². The van der Waals surface area contributed by atoms with Crippen LogP contribution in [0.25, 0.3) is 11.4 Å². The second kappa shape index (κ2) is 4.96. The number of aryl methyl sites for hydroxylation is 1. The van der Waals surface area contributed by atoms with Gasteiger partial charge in [-0.15, -0.1) is 0 Å². The lowest BCUT2D eigenvalue weighted by molar-refractivity contribution is -0.120. The Hall–Kier alpha value is -1.97. The van der Waals surface area contributed by atoms with Crippen LogP contribution in [-0.2, 0) is 4.79 Å². The van der Waals surface area contributed by atoms with Crippen molar-refractivity contribution in [1.82, 2.24) is 15.0 Å². The summed E-state index contributed by atoms with van der Waals surface area (Å²) in [6.45, 7) is 2.02. The largest absolute Gasteiger partial charge is 0.345 e. The maximum atomic E-state index is 11.3. The highest BCUT2D eigenvalue weighted by molar-refractivity contribution is 5.79. The summed E-state index contributed by atoms with van der Waals surface area (Å²) in [6.07, 6.45) is 4.97. The molecule has 0 aromatic carbocycles. The smallest absolute Gasteiger partial charge is 0.132 e. The average molecular weight is 255 g/mol. The lowest BCUT2D eigenvalue weighted by Crippen LogP contribution is -2.13. The molecule has 1 N–H and O–H groups in total. The summed E-state index contributed by atoms with van der Waals surface area (Å²) in [6, 6.07) is 5.84. The number of carbonyl (C=O) groups excluding carboxylic acids is 1. The van der Waals surface area contributed by atoms with Gasteiger partial charge in [-0.2, -0.15) is 0 Å². The molecule has 98 valence electrons. The number of Topliss-reactive ketones (excluding diaryl/α,β-unsaturated/α-hetero) is 1. The molecule has 1 saturated carbocycles. The minimum absolute atomic E-state index is 0.379. The highest BCUT2D eigenvalue weighted by Gasteiger charge is 2.23. The van der Waals surface area contributed by atoms with Crippen molar-refractivity contribution < 1.29 is 4.79 Å². The molecule has 3 rings (SSSR count). The lowest BCUT2D eigenvalue weighted by Gasteiger charge is -2.18. The highest BCUT2D eigenvalue weighted by Crippen LogP contribution is 2.31. The fourth-order valence-electron chi connectivity index (χ4n) is 2.64. The van der Waals surface area contributed by atoms with Gasteiger partial charge in [0.15, 0.2) is 0 Å². The van der Waals surface area contributed by atoms with Crippen LogP contribution in [0.4, 0.5) is 0 Å². The Morgan fingerprint density at radius 3 is 2.74 bits per heavy atom. The van der Waals surface area contributed by atoms with Gasteiger partial charge in [0.25, 0.3) is 0 Å². The molecule has 0 unspecified atom stereocenters. The zero-order valence-electron chi connectivity index (χ0n) is 11.0. The zero-order valence-corrected chi connectivity index (χ0v) is 11.0. The van der Waals surface area contributed by atoms with Gasteiger partial charge < -0.3 is 4.98 Å². The van der Waals surface area contributed by atoms with Crippen molar-refractivity contribution in [3.8, 4) is 11.4 Å². The van der Waals surface area contributed by atoms with Crippen LogP contribution in [0.2, 0.25) is 0 Å². The maximum Gasteiger partial charge on any atom is 0.132 e. The molecule has 0 saturated heterocycles. The van der Waals surface area contributed by atoms with Gasteiger partial charge in [0.05, 0.1) is 5.69 Å². The van der Waals surface area contributed by atoms with Gasteiger partial charge in [-0.05, 0) is 31.9 Å². The first-order chi connectivity index (χ1) is 9.24. The third-order valence-corrected chi connectivity index (χ3v) is 3.74. The molecule has 0 amide bonds. The minimum atomic E-state index is 0.379. The molecule has 1 aliphatic rings. The van der Waals surface area contributed by atoms with Crippen LogP contribution in [0, 0.1) is 6.92 Å². The number of nitrogens with zero attached hydrogens (tertiary/aromatic N) is 2. The second-order valence-corrected chi connectivity index (χ2v) is 5.12. The third-order valence-electron chi connectivity index (χ3n) is 3.74. The molecule has 2 aromatic rings. The molecule has 0 bridgehead atoms. The van der Waals surface area contributed by atoms with Crippen molar-refractivity contribution >= 4 is 5.78 Å². The molecule has 0 atom stereocenters. The van der Waals surface area contributed by atoms with Crippen LogP contribution in [0.1, 0.15) is 43.1 Å². The third kappa shape index (κ3) is 2.43. The van der Waals surface area contributed by atoms with E-state index >= 15 is 0 Å². The van der Waals surface area contributed by atoms with E-state index in [1.165, 1.54) is 0 Å². The Morgan fingerprint density at radius 2 is 2.05 bits per heavy atom. The van der Waals surface area contributed by atoms with E-state index in [9.17, 15) is 4.79 Å². The topological polar surface area (TPSA) is 58.6 Å². The van der Waals surface area contributed by atoms with Crippen LogP contribution in [0.3, 0.4) is 0 Å². The standard InChI is InChI=1S/C15H17N3O/c1-10-14(13-4-2-3-9-16-13)18-15(17-10)11-5-7-12(19)8-6-11/h2-4,9,11H,5-8H2,1H3,(H,17,18). The number of rotatable bonds is 2. The maximum absolute atomic E-state index is 11.3. The molecular weight excluding hydrogens is 238 g/mol. The first kappa shape index (κ1) is 12.1. The Bertz CT molecular complexity index is 579. The summed E-state index contributed by atoms with van der Waals surface area (Å²) in [5.41, 5.74) is 2.87. The lowest BCUT2D eigenvalue weighted by atomic mass is 9.88. The van der Waals surface area contributed by atoms with E-state index < -0.39 is 0 Å². The molecule has 2 aromatic heterocycles. The van der Waals surface area contributed by atoms with Gasteiger partial charge in [0.2, 0.25) is 0 Å². The predicted molar refractivity (Wildman–Crippen MR) is 72.8 cm³/mol. The first-order valence-corrected chi connectivity index (χ1v) is 6.73. The van der Waals surface area contributed by atoms with E-state index in [0.29, 0.717) is 24.5 Å². The van der Waals surface area contributed by atoms with Crippen molar-refractivity contribution in [2.45, 2.75) is 38.5 Å². The summed E-state index contributed by atoms with van der Waals surface area (Å²) in [7, 11) is 0. The predicted octanol–water partition coefficient (Wildman–Crippen LogP) is 3.01. The number of nitrogens with one attached hydrogen (secondary N) is 1. The highest BCUT2D eigenvalue weighted by atomic mass is 16.1. The van der Waals surface area contributed by atoms with Crippen molar-refractivity contribution in [2.24, 2.45) is 0 Å². The van der Waals surface area contributed by atoms with Crippen LogP contribution in [0.5, 0.6) is 0 Å². The zero-order chi connectivity index (χ0) is 13.2. The SMILES string of the molecule is Cc1[nH]c(C2CCC(=O)CC2)nc1-c1ccccn1. The van der Waals surface area contributed by atoms with E-state index in [4.69, 9.17) is 4.98 Å². The van der Waals surface area contributed by atoms with Gasteiger partial charge >= 0.3 is 0 Å². The number of aromatic nitrogens is 3. The summed E-state index contributed by atoms with van der Waals surface area (Å²) in [4.78, 5) is 23.7. The number of ketones is 1. The van der Waals surface area contributed by atoms with Crippen molar-refractivity contribution in [2.75, 3.05) is 0 Å². The quantitative estimate of drug-likeness (QED) is 0.897. The molecule has 1 aliphatic carbocycles. The Kier molecular flexibility index (Phi) is 3.15. The molecule has 19 heavy (non-hydrogen) atoms. The first-order valence-electron chi connectivity index (χ1n) is 6.73. The van der Waals surface area contributed by atoms with E-state index in [2.05, 4.69) is 9.97 Å². The Morgan fingerprint density at radius 1 is 1.26 bits per heavy atom. The fourth-order valence-corrected chi connectivity index (χ4v) is 2.64. The summed E-state index contributed by atoms with van der Waals surface area (Å²) in [5, 5.41) is 0. The van der Waals surface area contributed by atoms with Gasteiger partial charge in [-0.3, -0.25) is 9.78 Å². The molecular formula is C15H17N3O. The summed E-state index contributed by atoms with van der Waals surface area (Å²) >= 11 is 0. The Balaban J connectivity index is 1.87. The Labute approximate surface area is 112 Å². The van der Waals surface area contributed by atoms with Crippen molar-refractivity contribution in [3.05, 3.63) is 35.9 Å². The molecule has 4 heteroatoms. The van der Waals surface area contributed by atoms with E-state index in [1.54, 1.807) is 6.20 Å². The molecule has 0 aliphatic heterocycles. The van der Waals surface area contributed by atoms with Crippen molar-refractivity contribution in [3.63, 3.8) is 0 Å². The summed E-state index contributed by atoms with van der Waals surface area (Å²) < 4.78 is 0. The van der Waals surface area contributed by atoms with Gasteiger partial charge in [-0.25, -0.2) is 4.98 Å². The van der Waals surface area contributed by atoms with Crippen LogP contribution in [0.15, 0.2) is 24.4 Å². The van der Waals surface area contributed by atoms with E-state index in [1.807, 2.05) is 25.1 Å². The number of hydrogen-bond donors (Lipinski definition) is 1. The van der Waals surface area contributed by atoms with Gasteiger partial charge in [0, 0.05) is 30.7 Å². The molecule has 0 radical (unpaired) electrons.